The fraction of sp³-hybridized carbons (Fsp3) is 0.375. The highest BCUT2D eigenvalue weighted by Crippen LogP contribution is 2.32. The molecule has 1 heterocycles. The van der Waals surface area contributed by atoms with Crippen molar-refractivity contribution >= 4 is 28.0 Å². The first-order valence-corrected chi connectivity index (χ1v) is 8.91. The second kappa shape index (κ2) is 7.04. The summed E-state index contributed by atoms with van der Waals surface area (Å²) in [5.74, 6) is -1.10. The average Bonchev–Trinajstić information content (AvgIpc) is 2.75. The lowest BCUT2D eigenvalue weighted by Gasteiger charge is -2.16. The molecule has 2 N–H and O–H groups in total. The van der Waals surface area contributed by atoms with Crippen molar-refractivity contribution in [3.63, 3.8) is 0 Å². The van der Waals surface area contributed by atoms with Crippen LogP contribution >= 0.6 is 0 Å². The summed E-state index contributed by atoms with van der Waals surface area (Å²) in [5.41, 5.74) is 0.541. The molecule has 130 valence electrons. The van der Waals surface area contributed by atoms with E-state index in [1.54, 1.807) is 18.2 Å². The van der Waals surface area contributed by atoms with Crippen LogP contribution in [0.1, 0.15) is 25.8 Å². The molecule has 1 aliphatic rings. The van der Waals surface area contributed by atoms with E-state index in [9.17, 15) is 18.0 Å². The number of amides is 1. The molecule has 8 heteroatoms. The standard InChI is InChI=1S/C16H19NO6S/c1-10(2)7-13(15(18)19)17-16(20)23-9-12-8-11-5-3-4-6-14(11)24(12,21)22/h3-6,8,10,13H,7,9H2,1-2H3,(H,17,20)(H,18,19)/t13-/m0/s1. The number of nitrogens with one attached hydrogen (secondary N) is 1. The lowest BCUT2D eigenvalue weighted by molar-refractivity contribution is -0.139. The monoisotopic (exact) mass is 353 g/mol. The highest BCUT2D eigenvalue weighted by atomic mass is 32.2. The van der Waals surface area contributed by atoms with Crippen molar-refractivity contribution in [3.05, 3.63) is 34.7 Å². The van der Waals surface area contributed by atoms with Crippen molar-refractivity contribution in [1.82, 2.24) is 5.32 Å². The molecular formula is C16H19NO6S. The Labute approximate surface area is 140 Å². The van der Waals surface area contributed by atoms with Gasteiger partial charge in [0.1, 0.15) is 12.6 Å². The summed E-state index contributed by atoms with van der Waals surface area (Å²) in [7, 11) is -3.67. The Bertz CT molecular complexity index is 782. The zero-order valence-electron chi connectivity index (χ0n) is 13.4. The maximum Gasteiger partial charge on any atom is 0.408 e. The van der Waals surface area contributed by atoms with Crippen molar-refractivity contribution in [2.24, 2.45) is 5.92 Å². The molecule has 1 atom stereocenters. The number of benzene rings is 1. The minimum Gasteiger partial charge on any atom is -0.480 e. The highest BCUT2D eigenvalue weighted by Gasteiger charge is 2.30. The summed E-state index contributed by atoms with van der Waals surface area (Å²) < 4.78 is 29.5. The van der Waals surface area contributed by atoms with Gasteiger partial charge in [-0.15, -0.1) is 0 Å². The molecular weight excluding hydrogens is 334 g/mol. The van der Waals surface area contributed by atoms with E-state index in [1.807, 2.05) is 13.8 Å². The van der Waals surface area contributed by atoms with Crippen LogP contribution in [0.4, 0.5) is 4.79 Å². The molecule has 0 saturated carbocycles. The van der Waals surface area contributed by atoms with Gasteiger partial charge in [-0.1, -0.05) is 32.0 Å². The second-order valence-electron chi connectivity index (χ2n) is 5.89. The minimum absolute atomic E-state index is 0.0328. The molecule has 0 unspecified atom stereocenters. The Morgan fingerprint density at radius 2 is 1.92 bits per heavy atom. The topological polar surface area (TPSA) is 110 Å². The lowest BCUT2D eigenvalue weighted by Crippen LogP contribution is -2.42. The van der Waals surface area contributed by atoms with Crippen LogP contribution in [0.15, 0.2) is 34.1 Å². The largest absolute Gasteiger partial charge is 0.480 e. The van der Waals surface area contributed by atoms with E-state index in [4.69, 9.17) is 9.84 Å². The van der Waals surface area contributed by atoms with Crippen LogP contribution < -0.4 is 5.32 Å². The average molecular weight is 353 g/mol. The van der Waals surface area contributed by atoms with Gasteiger partial charge in [0.2, 0.25) is 9.84 Å². The number of carboxylic acid groups (broad SMARTS) is 1. The number of rotatable bonds is 6. The zero-order chi connectivity index (χ0) is 17.9. The molecule has 0 radical (unpaired) electrons. The first kappa shape index (κ1) is 18.0. The third-order valence-corrected chi connectivity index (χ3v) is 5.39. The first-order chi connectivity index (χ1) is 11.2. The predicted molar refractivity (Wildman–Crippen MR) is 87.0 cm³/mol. The predicted octanol–water partition coefficient (Wildman–Crippen LogP) is 2.04. The number of sulfone groups is 1. The normalized spacial score (nSPS) is 16.2. The smallest absolute Gasteiger partial charge is 0.408 e. The van der Waals surface area contributed by atoms with Crippen molar-refractivity contribution < 1.29 is 27.9 Å². The fourth-order valence-electron chi connectivity index (χ4n) is 2.37. The molecule has 1 aliphatic heterocycles. The van der Waals surface area contributed by atoms with Gasteiger partial charge in [0.05, 0.1) is 9.80 Å². The molecule has 0 bridgehead atoms. The summed E-state index contributed by atoms with van der Waals surface area (Å²) in [6, 6.07) is 5.39. The second-order valence-corrected chi connectivity index (χ2v) is 7.86. The molecule has 24 heavy (non-hydrogen) atoms. The van der Waals surface area contributed by atoms with Crippen molar-refractivity contribution in [2.45, 2.75) is 31.2 Å². The number of hydrogen-bond donors (Lipinski definition) is 2. The first-order valence-electron chi connectivity index (χ1n) is 7.42. The number of hydrogen-bond acceptors (Lipinski definition) is 5. The SMILES string of the molecule is CC(C)C[C@H](NC(=O)OCC1=Cc2ccccc2S1(=O)=O)C(=O)O. The Morgan fingerprint density at radius 1 is 1.25 bits per heavy atom. The molecule has 1 amide bonds. The van der Waals surface area contributed by atoms with Gasteiger partial charge in [-0.25, -0.2) is 18.0 Å². The molecule has 2 rings (SSSR count). The van der Waals surface area contributed by atoms with E-state index >= 15 is 0 Å². The van der Waals surface area contributed by atoms with Gasteiger partial charge in [0, 0.05) is 0 Å². The van der Waals surface area contributed by atoms with Crippen LogP contribution in [0.3, 0.4) is 0 Å². The van der Waals surface area contributed by atoms with Gasteiger partial charge in [0.15, 0.2) is 0 Å². The van der Waals surface area contributed by atoms with E-state index in [0.29, 0.717) is 5.56 Å². The van der Waals surface area contributed by atoms with Crippen LogP contribution in [-0.2, 0) is 19.4 Å². The summed E-state index contributed by atoms with van der Waals surface area (Å²) in [6.07, 6.45) is 0.729. The molecule has 0 aliphatic carbocycles. The van der Waals surface area contributed by atoms with Crippen LogP contribution in [-0.4, -0.2) is 38.2 Å². The van der Waals surface area contributed by atoms with E-state index in [0.717, 1.165) is 0 Å². The maximum absolute atomic E-state index is 12.3. The van der Waals surface area contributed by atoms with Gasteiger partial charge in [-0.3, -0.25) is 0 Å². The molecule has 1 aromatic carbocycles. The van der Waals surface area contributed by atoms with E-state index < -0.39 is 34.5 Å². The van der Waals surface area contributed by atoms with Crippen LogP contribution in [0.2, 0.25) is 0 Å². The Morgan fingerprint density at radius 3 is 2.50 bits per heavy atom. The lowest BCUT2D eigenvalue weighted by atomic mass is 10.0. The molecule has 0 fully saturated rings. The van der Waals surface area contributed by atoms with Crippen molar-refractivity contribution in [2.75, 3.05) is 6.61 Å². The number of aliphatic carboxylic acids is 1. The Kier molecular flexibility index (Phi) is 5.28. The Balaban J connectivity index is 1.99. The number of fused-ring (bicyclic) bond motifs is 1. The van der Waals surface area contributed by atoms with E-state index in [2.05, 4.69) is 5.32 Å². The van der Waals surface area contributed by atoms with Crippen LogP contribution in [0, 0.1) is 5.92 Å². The quantitative estimate of drug-likeness (QED) is 0.810. The van der Waals surface area contributed by atoms with Gasteiger partial charge >= 0.3 is 12.1 Å². The maximum atomic E-state index is 12.3. The zero-order valence-corrected chi connectivity index (χ0v) is 14.2. The molecule has 1 aromatic rings. The van der Waals surface area contributed by atoms with Crippen molar-refractivity contribution in [1.29, 1.82) is 0 Å². The van der Waals surface area contributed by atoms with Crippen molar-refractivity contribution in [3.8, 4) is 0 Å². The summed E-state index contributed by atoms with van der Waals surface area (Å²) in [4.78, 5) is 23.0. The summed E-state index contributed by atoms with van der Waals surface area (Å²) >= 11 is 0. The summed E-state index contributed by atoms with van der Waals surface area (Å²) in [5, 5.41) is 11.3. The van der Waals surface area contributed by atoms with Gasteiger partial charge in [-0.2, -0.15) is 0 Å². The van der Waals surface area contributed by atoms with Gasteiger partial charge in [0.25, 0.3) is 0 Å². The highest BCUT2D eigenvalue weighted by molar-refractivity contribution is 7.95. The molecule has 0 saturated heterocycles. The Hall–Kier alpha value is -2.35. The number of carbonyl (C=O) groups is 2. The third-order valence-electron chi connectivity index (χ3n) is 3.51. The van der Waals surface area contributed by atoms with E-state index in [-0.39, 0.29) is 22.1 Å². The summed E-state index contributed by atoms with van der Waals surface area (Å²) in [6.45, 7) is 3.21. The van der Waals surface area contributed by atoms with Crippen LogP contribution in [0.5, 0.6) is 0 Å². The van der Waals surface area contributed by atoms with Gasteiger partial charge < -0.3 is 15.2 Å². The van der Waals surface area contributed by atoms with Gasteiger partial charge in [-0.05, 0) is 30.0 Å². The number of ether oxygens (including phenoxy) is 1. The van der Waals surface area contributed by atoms with Crippen LogP contribution in [0.25, 0.3) is 6.08 Å². The third kappa shape index (κ3) is 3.94. The van der Waals surface area contributed by atoms with E-state index in [1.165, 1.54) is 12.1 Å². The molecule has 0 aromatic heterocycles. The number of carbonyl (C=O) groups excluding carboxylic acids is 1. The fourth-order valence-corrected chi connectivity index (χ4v) is 3.84. The molecule has 0 spiro atoms. The number of carboxylic acids is 1. The number of alkyl carbamates (subject to hydrolysis) is 1. The molecule has 7 nitrogen and oxygen atoms in total. The minimum atomic E-state index is -3.67.